The molecule has 0 amide bonds. The van der Waals surface area contributed by atoms with Crippen LogP contribution in [0.4, 0.5) is 0 Å². The summed E-state index contributed by atoms with van der Waals surface area (Å²) in [6, 6.07) is 7.84. The van der Waals surface area contributed by atoms with Crippen molar-refractivity contribution >= 4 is 16.9 Å². The number of ether oxygens (including phenoxy) is 1. The minimum atomic E-state index is -0.203. The Labute approximate surface area is 124 Å². The number of carbonyl (C=O) groups excluding carboxylic acids is 1. The molecular formula is C17H20N2O2. The highest BCUT2D eigenvalue weighted by Crippen LogP contribution is 2.39. The number of esters is 1. The van der Waals surface area contributed by atoms with Gasteiger partial charge in [-0.05, 0) is 38.4 Å². The van der Waals surface area contributed by atoms with Crippen LogP contribution in [0.5, 0.6) is 0 Å². The zero-order chi connectivity index (χ0) is 14.3. The lowest BCUT2D eigenvalue weighted by Gasteiger charge is -2.33. The molecule has 4 heteroatoms. The maximum atomic E-state index is 12.4. The van der Waals surface area contributed by atoms with E-state index in [9.17, 15) is 4.79 Å². The second-order valence-electron chi connectivity index (χ2n) is 6.45. The van der Waals surface area contributed by atoms with E-state index in [1.165, 1.54) is 19.4 Å². The Morgan fingerprint density at radius 1 is 1.29 bits per heavy atom. The Morgan fingerprint density at radius 2 is 2.19 bits per heavy atom. The molecule has 2 aliphatic rings. The molecule has 2 fully saturated rings. The topological polar surface area (TPSA) is 45.3 Å². The van der Waals surface area contributed by atoms with Crippen molar-refractivity contribution < 1.29 is 9.53 Å². The number of para-hydroxylation sites is 1. The van der Waals surface area contributed by atoms with Crippen LogP contribution in [0.25, 0.3) is 10.9 Å². The molecule has 2 bridgehead atoms. The highest BCUT2D eigenvalue weighted by molar-refractivity contribution is 6.03. The van der Waals surface area contributed by atoms with Crippen LogP contribution in [0.3, 0.4) is 0 Å². The molecule has 21 heavy (non-hydrogen) atoms. The van der Waals surface area contributed by atoms with Gasteiger partial charge in [0.2, 0.25) is 0 Å². The molecule has 1 N–H and O–H groups in total. The van der Waals surface area contributed by atoms with Crippen LogP contribution in [0, 0.1) is 5.41 Å². The fourth-order valence-electron chi connectivity index (χ4n) is 3.83. The van der Waals surface area contributed by atoms with Crippen LogP contribution in [0.2, 0.25) is 0 Å². The Hall–Kier alpha value is -1.81. The molecule has 0 spiro atoms. The molecule has 2 atom stereocenters. The van der Waals surface area contributed by atoms with Crippen molar-refractivity contribution in [3.05, 3.63) is 36.0 Å². The summed E-state index contributed by atoms with van der Waals surface area (Å²) in [5.74, 6) is -0.203. The summed E-state index contributed by atoms with van der Waals surface area (Å²) in [4.78, 5) is 18.0. The molecule has 3 heterocycles. The first kappa shape index (κ1) is 12.9. The van der Waals surface area contributed by atoms with Crippen molar-refractivity contribution in [2.45, 2.75) is 19.3 Å². The first-order valence-corrected chi connectivity index (χ1v) is 7.71. The molecule has 2 saturated heterocycles. The lowest BCUT2D eigenvalue weighted by Crippen LogP contribution is -2.37. The third-order valence-electron chi connectivity index (χ3n) is 5.02. The standard InChI is InChI=1S/C17H20N2O2/c20-16(14-10-18-15-5-2-1-4-13(14)15)21-12-17-6-3-8-19(11-17)9-7-17/h1-2,4-5,10,18H,3,6-9,11-12H2. The largest absolute Gasteiger partial charge is 0.461 e. The maximum Gasteiger partial charge on any atom is 0.340 e. The van der Waals surface area contributed by atoms with Crippen molar-refractivity contribution in [3.63, 3.8) is 0 Å². The van der Waals surface area contributed by atoms with Crippen LogP contribution in [-0.4, -0.2) is 42.1 Å². The number of rotatable bonds is 3. The number of fused-ring (bicyclic) bond motifs is 3. The van der Waals surface area contributed by atoms with Gasteiger partial charge in [0.15, 0.2) is 0 Å². The Morgan fingerprint density at radius 3 is 3.14 bits per heavy atom. The van der Waals surface area contributed by atoms with Crippen LogP contribution >= 0.6 is 0 Å². The summed E-state index contributed by atoms with van der Waals surface area (Å²) < 4.78 is 5.67. The molecule has 1 aromatic carbocycles. The van der Waals surface area contributed by atoms with Crippen LogP contribution < -0.4 is 0 Å². The molecule has 2 aliphatic heterocycles. The Balaban J connectivity index is 1.49. The molecule has 0 radical (unpaired) electrons. The van der Waals surface area contributed by atoms with Gasteiger partial charge in [0.1, 0.15) is 0 Å². The van der Waals surface area contributed by atoms with Gasteiger partial charge < -0.3 is 14.6 Å². The molecule has 0 saturated carbocycles. The van der Waals surface area contributed by atoms with Gasteiger partial charge in [-0.25, -0.2) is 4.79 Å². The van der Waals surface area contributed by atoms with Crippen LogP contribution in [0.15, 0.2) is 30.5 Å². The van der Waals surface area contributed by atoms with E-state index in [4.69, 9.17) is 4.74 Å². The number of piperidine rings is 1. The smallest absolute Gasteiger partial charge is 0.340 e. The van der Waals surface area contributed by atoms with E-state index in [-0.39, 0.29) is 11.4 Å². The van der Waals surface area contributed by atoms with E-state index in [2.05, 4.69) is 9.88 Å². The van der Waals surface area contributed by atoms with Crippen LogP contribution in [0.1, 0.15) is 29.6 Å². The molecule has 4 nitrogen and oxygen atoms in total. The summed E-state index contributed by atoms with van der Waals surface area (Å²) >= 11 is 0. The van der Waals surface area contributed by atoms with Crippen molar-refractivity contribution in [2.24, 2.45) is 5.41 Å². The SMILES string of the molecule is O=C(OCC12CCCN(CC1)C2)c1c[nH]c2ccccc12. The number of nitrogens with zero attached hydrogens (tertiary/aromatic N) is 1. The Kier molecular flexibility index (Phi) is 3.00. The summed E-state index contributed by atoms with van der Waals surface area (Å²) in [7, 11) is 0. The molecule has 110 valence electrons. The van der Waals surface area contributed by atoms with Crippen molar-refractivity contribution in [1.29, 1.82) is 0 Å². The van der Waals surface area contributed by atoms with Gasteiger partial charge in [-0.1, -0.05) is 18.2 Å². The van der Waals surface area contributed by atoms with Gasteiger partial charge in [0.25, 0.3) is 0 Å². The molecule has 0 aliphatic carbocycles. The summed E-state index contributed by atoms with van der Waals surface area (Å²) in [5.41, 5.74) is 1.83. The first-order chi connectivity index (χ1) is 10.3. The normalized spacial score (nSPS) is 27.9. The monoisotopic (exact) mass is 284 g/mol. The average Bonchev–Trinajstić information content (AvgIpc) is 3.07. The average molecular weight is 284 g/mol. The molecule has 2 aromatic rings. The lowest BCUT2D eigenvalue weighted by molar-refractivity contribution is 0.0226. The second-order valence-corrected chi connectivity index (χ2v) is 6.45. The highest BCUT2D eigenvalue weighted by Gasteiger charge is 2.41. The highest BCUT2D eigenvalue weighted by atomic mass is 16.5. The fourth-order valence-corrected chi connectivity index (χ4v) is 3.83. The van der Waals surface area contributed by atoms with Gasteiger partial charge in [-0.3, -0.25) is 0 Å². The molecular weight excluding hydrogens is 264 g/mol. The van der Waals surface area contributed by atoms with E-state index in [0.29, 0.717) is 12.2 Å². The number of hydrogen-bond donors (Lipinski definition) is 1. The van der Waals surface area contributed by atoms with Gasteiger partial charge in [-0.15, -0.1) is 0 Å². The number of nitrogens with one attached hydrogen (secondary N) is 1. The molecule has 4 rings (SSSR count). The molecule has 2 unspecified atom stereocenters. The minimum absolute atomic E-state index is 0.203. The summed E-state index contributed by atoms with van der Waals surface area (Å²) in [6.45, 7) is 4.01. The van der Waals surface area contributed by atoms with E-state index >= 15 is 0 Å². The van der Waals surface area contributed by atoms with Gasteiger partial charge >= 0.3 is 5.97 Å². The maximum absolute atomic E-state index is 12.4. The van der Waals surface area contributed by atoms with Crippen molar-refractivity contribution in [1.82, 2.24) is 9.88 Å². The summed E-state index contributed by atoms with van der Waals surface area (Å²) in [6.07, 6.45) is 5.33. The van der Waals surface area contributed by atoms with Crippen molar-refractivity contribution in [3.8, 4) is 0 Å². The first-order valence-electron chi connectivity index (χ1n) is 7.71. The zero-order valence-corrected chi connectivity index (χ0v) is 12.1. The molecule has 1 aromatic heterocycles. The van der Waals surface area contributed by atoms with Crippen LogP contribution in [-0.2, 0) is 4.74 Å². The van der Waals surface area contributed by atoms with E-state index in [1.807, 2.05) is 24.3 Å². The van der Waals surface area contributed by atoms with Gasteiger partial charge in [-0.2, -0.15) is 0 Å². The quantitative estimate of drug-likeness (QED) is 0.882. The number of benzene rings is 1. The second kappa shape index (κ2) is 4.88. The minimum Gasteiger partial charge on any atom is -0.461 e. The summed E-state index contributed by atoms with van der Waals surface area (Å²) in [5, 5.41) is 0.941. The number of H-pyrrole nitrogens is 1. The predicted molar refractivity (Wildman–Crippen MR) is 81.3 cm³/mol. The van der Waals surface area contributed by atoms with E-state index in [1.54, 1.807) is 6.20 Å². The third-order valence-corrected chi connectivity index (χ3v) is 5.02. The van der Waals surface area contributed by atoms with E-state index < -0.39 is 0 Å². The zero-order valence-electron chi connectivity index (χ0n) is 12.1. The number of aromatic nitrogens is 1. The Bertz CT molecular complexity index is 674. The lowest BCUT2D eigenvalue weighted by atomic mass is 9.82. The third kappa shape index (κ3) is 2.23. The van der Waals surface area contributed by atoms with Gasteiger partial charge in [0.05, 0.1) is 12.2 Å². The van der Waals surface area contributed by atoms with Gasteiger partial charge in [0, 0.05) is 29.1 Å². The predicted octanol–water partition coefficient (Wildman–Crippen LogP) is 2.81. The fraction of sp³-hybridized carbons (Fsp3) is 0.471. The number of carbonyl (C=O) groups is 1. The number of hydrogen-bond acceptors (Lipinski definition) is 3. The van der Waals surface area contributed by atoms with Crippen molar-refractivity contribution in [2.75, 3.05) is 26.2 Å². The number of aromatic amines is 1. The van der Waals surface area contributed by atoms with E-state index in [0.717, 1.165) is 30.4 Å².